The standard InChI is InChI=1S/C9H16S/c1-6-10-7-8(2)9(3,4)5/h6-7H,1H2,2-5H3/b8-7+. The summed E-state index contributed by atoms with van der Waals surface area (Å²) in [6.07, 6.45) is 0. The average Bonchev–Trinajstić information content (AvgIpc) is 1.80. The molecule has 0 bridgehead atoms. The first-order valence-corrected chi connectivity index (χ1v) is 4.36. The molecule has 0 nitrogen and oxygen atoms in total. The number of rotatable bonds is 2. The maximum Gasteiger partial charge on any atom is -0.0167 e. The lowest BCUT2D eigenvalue weighted by atomic mass is 9.89. The first-order chi connectivity index (χ1) is 4.48. The highest BCUT2D eigenvalue weighted by Crippen LogP contribution is 2.26. The van der Waals surface area contributed by atoms with Gasteiger partial charge in [0.1, 0.15) is 0 Å². The molecule has 58 valence electrons. The van der Waals surface area contributed by atoms with Crippen molar-refractivity contribution in [1.29, 1.82) is 0 Å². The van der Waals surface area contributed by atoms with Crippen molar-refractivity contribution in [2.75, 3.05) is 0 Å². The molecule has 0 aromatic carbocycles. The van der Waals surface area contributed by atoms with Gasteiger partial charge < -0.3 is 0 Å². The minimum absolute atomic E-state index is 0.302. The van der Waals surface area contributed by atoms with Gasteiger partial charge in [0, 0.05) is 0 Å². The first kappa shape index (κ1) is 9.83. The molecule has 1 heteroatoms. The summed E-state index contributed by atoms with van der Waals surface area (Å²) in [4.78, 5) is 0. The Morgan fingerprint density at radius 3 is 2.20 bits per heavy atom. The van der Waals surface area contributed by atoms with Gasteiger partial charge >= 0.3 is 0 Å². The summed E-state index contributed by atoms with van der Waals surface area (Å²) < 4.78 is 0. The fourth-order valence-electron chi connectivity index (χ4n) is 0.327. The fourth-order valence-corrected chi connectivity index (χ4v) is 0.981. The highest BCUT2D eigenvalue weighted by molar-refractivity contribution is 8.04. The normalized spacial score (nSPS) is 13.4. The molecule has 0 N–H and O–H groups in total. The van der Waals surface area contributed by atoms with E-state index in [9.17, 15) is 0 Å². The Morgan fingerprint density at radius 2 is 1.90 bits per heavy atom. The van der Waals surface area contributed by atoms with Crippen molar-refractivity contribution in [2.45, 2.75) is 27.7 Å². The summed E-state index contributed by atoms with van der Waals surface area (Å²) in [6.45, 7) is 12.4. The van der Waals surface area contributed by atoms with Gasteiger partial charge in [0.05, 0.1) is 0 Å². The topological polar surface area (TPSA) is 0 Å². The van der Waals surface area contributed by atoms with Crippen molar-refractivity contribution in [2.24, 2.45) is 5.41 Å². The van der Waals surface area contributed by atoms with Gasteiger partial charge in [-0.05, 0) is 23.2 Å². The highest BCUT2D eigenvalue weighted by atomic mass is 32.2. The van der Waals surface area contributed by atoms with E-state index in [1.165, 1.54) is 5.57 Å². The molecule has 0 aromatic rings. The van der Waals surface area contributed by atoms with E-state index in [-0.39, 0.29) is 0 Å². The van der Waals surface area contributed by atoms with Crippen LogP contribution in [-0.4, -0.2) is 0 Å². The van der Waals surface area contributed by atoms with E-state index < -0.39 is 0 Å². The zero-order chi connectivity index (χ0) is 8.20. The summed E-state index contributed by atoms with van der Waals surface area (Å²) in [7, 11) is 0. The Balaban J connectivity index is 4.05. The quantitative estimate of drug-likeness (QED) is 0.586. The molecule has 0 aliphatic rings. The number of thioether (sulfide) groups is 1. The molecule has 10 heavy (non-hydrogen) atoms. The predicted molar refractivity (Wildman–Crippen MR) is 51.0 cm³/mol. The van der Waals surface area contributed by atoms with Gasteiger partial charge in [-0.15, -0.1) is 11.8 Å². The maximum absolute atomic E-state index is 3.63. The molecule has 0 aliphatic carbocycles. The predicted octanol–water partition coefficient (Wildman–Crippen LogP) is 3.81. The molecule has 0 amide bonds. The molecule has 0 saturated carbocycles. The van der Waals surface area contributed by atoms with Gasteiger partial charge in [-0.25, -0.2) is 0 Å². The van der Waals surface area contributed by atoms with Gasteiger partial charge in [0.25, 0.3) is 0 Å². The summed E-state index contributed by atoms with van der Waals surface area (Å²) in [6, 6.07) is 0. The minimum atomic E-state index is 0.302. The second-order valence-electron chi connectivity index (χ2n) is 3.35. The van der Waals surface area contributed by atoms with Crippen LogP contribution >= 0.6 is 11.8 Å². The van der Waals surface area contributed by atoms with Crippen LogP contribution in [0.1, 0.15) is 27.7 Å². The van der Waals surface area contributed by atoms with Crippen molar-refractivity contribution in [3.63, 3.8) is 0 Å². The number of allylic oxidation sites excluding steroid dienone is 1. The SMILES string of the molecule is C=CS/C=C(\C)C(C)(C)C. The molecule has 0 rings (SSSR count). The van der Waals surface area contributed by atoms with Crippen LogP contribution in [-0.2, 0) is 0 Å². The molecule has 0 heterocycles. The molecule has 0 aromatic heterocycles. The Bertz CT molecular complexity index is 137. The Morgan fingerprint density at radius 1 is 1.40 bits per heavy atom. The Kier molecular flexibility index (Phi) is 3.80. The largest absolute Gasteiger partial charge is 0.107 e. The van der Waals surface area contributed by atoms with Crippen LogP contribution in [0.25, 0.3) is 0 Å². The van der Waals surface area contributed by atoms with Crippen molar-refractivity contribution >= 4 is 11.8 Å². The molecular formula is C9H16S. The minimum Gasteiger partial charge on any atom is -0.107 e. The molecule has 0 unspecified atom stereocenters. The van der Waals surface area contributed by atoms with Crippen LogP contribution in [0, 0.1) is 5.41 Å². The second-order valence-corrected chi connectivity index (χ2v) is 4.19. The summed E-state index contributed by atoms with van der Waals surface area (Å²) in [5, 5.41) is 3.99. The third-order valence-electron chi connectivity index (χ3n) is 1.52. The average molecular weight is 156 g/mol. The van der Waals surface area contributed by atoms with E-state index in [0.717, 1.165) is 0 Å². The molecule has 0 saturated heterocycles. The van der Waals surface area contributed by atoms with Crippen LogP contribution in [0.4, 0.5) is 0 Å². The number of hydrogen-bond donors (Lipinski definition) is 0. The second kappa shape index (κ2) is 3.87. The zero-order valence-electron chi connectivity index (χ0n) is 7.27. The monoisotopic (exact) mass is 156 g/mol. The zero-order valence-corrected chi connectivity index (χ0v) is 8.09. The lowest BCUT2D eigenvalue weighted by Crippen LogP contribution is -2.05. The summed E-state index contributed by atoms with van der Waals surface area (Å²) in [5.41, 5.74) is 1.70. The molecule has 0 aliphatic heterocycles. The van der Waals surface area contributed by atoms with Gasteiger partial charge in [0.2, 0.25) is 0 Å². The van der Waals surface area contributed by atoms with Crippen LogP contribution in [0.3, 0.4) is 0 Å². The Hall–Kier alpha value is -0.170. The van der Waals surface area contributed by atoms with E-state index >= 15 is 0 Å². The van der Waals surface area contributed by atoms with Crippen molar-refractivity contribution in [3.05, 3.63) is 23.0 Å². The van der Waals surface area contributed by atoms with Crippen LogP contribution in [0.15, 0.2) is 23.0 Å². The Labute approximate surface area is 68.4 Å². The van der Waals surface area contributed by atoms with Gasteiger partial charge in [-0.1, -0.05) is 32.9 Å². The van der Waals surface area contributed by atoms with E-state index in [1.54, 1.807) is 11.8 Å². The lowest BCUT2D eigenvalue weighted by molar-refractivity contribution is 0.505. The van der Waals surface area contributed by atoms with Gasteiger partial charge in [-0.2, -0.15) is 0 Å². The van der Waals surface area contributed by atoms with Crippen molar-refractivity contribution < 1.29 is 0 Å². The lowest BCUT2D eigenvalue weighted by Gasteiger charge is -2.18. The third-order valence-corrected chi connectivity index (χ3v) is 2.21. The first-order valence-electron chi connectivity index (χ1n) is 3.42. The molecule has 0 fully saturated rings. The van der Waals surface area contributed by atoms with Crippen molar-refractivity contribution in [1.82, 2.24) is 0 Å². The third kappa shape index (κ3) is 3.78. The van der Waals surface area contributed by atoms with Crippen LogP contribution in [0.5, 0.6) is 0 Å². The van der Waals surface area contributed by atoms with E-state index in [0.29, 0.717) is 5.41 Å². The summed E-state index contributed by atoms with van der Waals surface area (Å²) >= 11 is 1.64. The fraction of sp³-hybridized carbons (Fsp3) is 0.556. The van der Waals surface area contributed by atoms with Gasteiger partial charge in [-0.3, -0.25) is 0 Å². The molecular weight excluding hydrogens is 140 g/mol. The smallest absolute Gasteiger partial charge is 0.0167 e. The van der Waals surface area contributed by atoms with Crippen LogP contribution in [0.2, 0.25) is 0 Å². The van der Waals surface area contributed by atoms with Crippen LogP contribution < -0.4 is 0 Å². The van der Waals surface area contributed by atoms with E-state index in [1.807, 2.05) is 5.41 Å². The van der Waals surface area contributed by atoms with E-state index in [2.05, 4.69) is 39.7 Å². The summed E-state index contributed by atoms with van der Waals surface area (Å²) in [5.74, 6) is 0. The molecule has 0 atom stereocenters. The van der Waals surface area contributed by atoms with Crippen molar-refractivity contribution in [3.8, 4) is 0 Å². The van der Waals surface area contributed by atoms with E-state index in [4.69, 9.17) is 0 Å². The van der Waals surface area contributed by atoms with Gasteiger partial charge in [0.15, 0.2) is 0 Å². The molecule has 0 radical (unpaired) electrons. The molecule has 0 spiro atoms. The highest BCUT2D eigenvalue weighted by Gasteiger charge is 2.11. The number of hydrogen-bond acceptors (Lipinski definition) is 1. The maximum atomic E-state index is 3.63.